The summed E-state index contributed by atoms with van der Waals surface area (Å²) in [5, 5.41) is 0. The Morgan fingerprint density at radius 3 is 1.78 bits per heavy atom. The van der Waals surface area contributed by atoms with Crippen LogP contribution in [0.5, 0.6) is 11.5 Å². The highest BCUT2D eigenvalue weighted by Gasteiger charge is 2.19. The maximum atomic E-state index is 12.2. The van der Waals surface area contributed by atoms with Crippen LogP contribution in [0.3, 0.4) is 0 Å². The van der Waals surface area contributed by atoms with Gasteiger partial charge in [-0.1, -0.05) is 12.1 Å². The summed E-state index contributed by atoms with van der Waals surface area (Å²) in [5.74, 6) is 1.03. The van der Waals surface area contributed by atoms with Gasteiger partial charge in [0.15, 0.2) is 5.69 Å². The van der Waals surface area contributed by atoms with Gasteiger partial charge in [0.05, 0.1) is 17.9 Å². The maximum absolute atomic E-state index is 12.2. The molecule has 2 N–H and O–H groups in total. The minimum atomic E-state index is -0.567. The van der Waals surface area contributed by atoms with Crippen molar-refractivity contribution in [3.8, 4) is 33.9 Å². The second kappa shape index (κ2) is 8.75. The number of imidazole rings is 1. The first-order chi connectivity index (χ1) is 15.3. The number of carbonyl (C=O) groups is 1. The molecule has 0 aliphatic heterocycles. The number of hydrogen-bond donors (Lipinski definition) is 1. The first kappa shape index (κ1) is 21.4. The van der Waals surface area contributed by atoms with E-state index < -0.39 is 5.91 Å². The predicted molar refractivity (Wildman–Crippen MR) is 126 cm³/mol. The molecule has 0 aliphatic rings. The van der Waals surface area contributed by atoms with E-state index in [0.29, 0.717) is 11.3 Å². The molecule has 164 valence electrons. The molecule has 0 saturated heterocycles. The van der Waals surface area contributed by atoms with E-state index in [0.717, 1.165) is 28.2 Å². The van der Waals surface area contributed by atoms with Crippen LogP contribution in [0, 0.1) is 0 Å². The summed E-state index contributed by atoms with van der Waals surface area (Å²) in [6.45, 7) is 7.96. The second-order valence-corrected chi connectivity index (χ2v) is 8.20. The molecule has 0 fully saturated rings. The normalized spacial score (nSPS) is 11.3. The van der Waals surface area contributed by atoms with Crippen molar-refractivity contribution >= 4 is 11.6 Å². The molecule has 0 radical (unpaired) electrons. The highest BCUT2D eigenvalue weighted by molar-refractivity contribution is 5.98. The molecule has 2 aromatic carbocycles. The third kappa shape index (κ3) is 4.44. The van der Waals surface area contributed by atoms with E-state index in [1.54, 1.807) is 0 Å². The average molecular weight is 430 g/mol. The van der Waals surface area contributed by atoms with E-state index in [9.17, 15) is 4.79 Å². The highest BCUT2D eigenvalue weighted by atomic mass is 16.5. The second-order valence-electron chi connectivity index (χ2n) is 8.20. The van der Waals surface area contributed by atoms with E-state index in [-0.39, 0.29) is 17.9 Å². The van der Waals surface area contributed by atoms with Crippen molar-refractivity contribution in [2.24, 2.45) is 5.73 Å². The number of primary amides is 1. The Labute approximate surface area is 187 Å². The number of nitrogens with two attached hydrogens (primary N) is 1. The number of ether oxygens (including phenoxy) is 2. The quantitative estimate of drug-likeness (QED) is 0.430. The van der Waals surface area contributed by atoms with Crippen molar-refractivity contribution in [3.05, 3.63) is 72.6 Å². The molecule has 6 nitrogen and oxygen atoms in total. The molecule has 0 saturated carbocycles. The Kier molecular flexibility index (Phi) is 5.86. The first-order valence-corrected chi connectivity index (χ1v) is 10.7. The number of benzene rings is 2. The Balaban J connectivity index is 1.78. The van der Waals surface area contributed by atoms with Gasteiger partial charge < -0.3 is 15.2 Å². The van der Waals surface area contributed by atoms with Gasteiger partial charge in [0.25, 0.3) is 5.91 Å². The van der Waals surface area contributed by atoms with E-state index in [2.05, 4.69) is 4.98 Å². The average Bonchev–Trinajstić information content (AvgIpc) is 3.13. The van der Waals surface area contributed by atoms with E-state index in [1.165, 1.54) is 0 Å². The minimum absolute atomic E-state index is 0.0812. The maximum Gasteiger partial charge on any atom is 0.269 e. The van der Waals surface area contributed by atoms with Gasteiger partial charge in [-0.3, -0.25) is 9.20 Å². The molecule has 2 heterocycles. The summed E-state index contributed by atoms with van der Waals surface area (Å²) in [6, 6.07) is 19.4. The van der Waals surface area contributed by atoms with Crippen LogP contribution >= 0.6 is 0 Å². The molecular formula is C26H27N3O3. The molecule has 2 aromatic heterocycles. The minimum Gasteiger partial charge on any atom is -0.491 e. The predicted octanol–water partition coefficient (Wildman–Crippen LogP) is 5.34. The number of carbonyl (C=O) groups excluding carboxylic acids is 1. The van der Waals surface area contributed by atoms with Crippen LogP contribution in [0.15, 0.2) is 66.9 Å². The molecule has 32 heavy (non-hydrogen) atoms. The summed E-state index contributed by atoms with van der Waals surface area (Å²) >= 11 is 0. The lowest BCUT2D eigenvalue weighted by Crippen LogP contribution is -2.13. The summed E-state index contributed by atoms with van der Waals surface area (Å²) in [7, 11) is 0. The van der Waals surface area contributed by atoms with Crippen LogP contribution in [-0.2, 0) is 0 Å². The SMILES string of the molecule is CC(C)Oc1ccc(-c2ccc3nc(C(N)=O)c(-c4ccc(OC(C)C)cc4)n3c2)cc1. The molecule has 4 rings (SSSR count). The molecule has 6 heteroatoms. The largest absolute Gasteiger partial charge is 0.491 e. The number of rotatable bonds is 7. The zero-order valence-electron chi connectivity index (χ0n) is 18.7. The van der Waals surface area contributed by atoms with Crippen molar-refractivity contribution < 1.29 is 14.3 Å². The van der Waals surface area contributed by atoms with Crippen LogP contribution in [0.1, 0.15) is 38.2 Å². The van der Waals surface area contributed by atoms with Crippen LogP contribution in [-0.4, -0.2) is 27.5 Å². The van der Waals surface area contributed by atoms with Gasteiger partial charge >= 0.3 is 0 Å². The lowest BCUT2D eigenvalue weighted by molar-refractivity contribution is 0.0997. The molecule has 0 atom stereocenters. The van der Waals surface area contributed by atoms with Crippen molar-refractivity contribution in [1.82, 2.24) is 9.38 Å². The number of nitrogens with zero attached hydrogens (tertiary/aromatic N) is 2. The van der Waals surface area contributed by atoms with E-state index >= 15 is 0 Å². The molecule has 0 bridgehead atoms. The van der Waals surface area contributed by atoms with Crippen LogP contribution in [0.2, 0.25) is 0 Å². The molecule has 1 amide bonds. The van der Waals surface area contributed by atoms with Crippen molar-refractivity contribution in [1.29, 1.82) is 0 Å². The first-order valence-electron chi connectivity index (χ1n) is 10.7. The Morgan fingerprint density at radius 1 is 0.781 bits per heavy atom. The standard InChI is InChI=1S/C26H27N3O3/c1-16(2)31-21-10-5-18(6-11-21)20-9-14-23-28-24(26(27)30)25(29(23)15-20)19-7-12-22(13-8-19)32-17(3)4/h5-17H,1-4H3,(H2,27,30). The van der Waals surface area contributed by atoms with Gasteiger partial charge in [-0.2, -0.15) is 0 Å². The van der Waals surface area contributed by atoms with Crippen LogP contribution < -0.4 is 15.2 Å². The fourth-order valence-corrected chi connectivity index (χ4v) is 3.62. The fraction of sp³-hybridized carbons (Fsp3) is 0.231. The third-order valence-electron chi connectivity index (χ3n) is 4.91. The topological polar surface area (TPSA) is 78.9 Å². The van der Waals surface area contributed by atoms with Gasteiger partial charge in [-0.15, -0.1) is 0 Å². The van der Waals surface area contributed by atoms with E-state index in [1.807, 2.05) is 99.0 Å². The van der Waals surface area contributed by atoms with Gasteiger partial charge in [-0.25, -0.2) is 4.98 Å². The van der Waals surface area contributed by atoms with Crippen molar-refractivity contribution in [3.63, 3.8) is 0 Å². The molecule has 4 aromatic rings. The van der Waals surface area contributed by atoms with Crippen molar-refractivity contribution in [2.75, 3.05) is 0 Å². The Bertz CT molecular complexity index is 1240. The molecule has 0 spiro atoms. The van der Waals surface area contributed by atoms with Gasteiger partial charge in [0, 0.05) is 11.8 Å². The number of hydrogen-bond acceptors (Lipinski definition) is 4. The lowest BCUT2D eigenvalue weighted by atomic mass is 10.1. The fourth-order valence-electron chi connectivity index (χ4n) is 3.62. The van der Waals surface area contributed by atoms with E-state index in [4.69, 9.17) is 15.2 Å². The molecule has 0 unspecified atom stereocenters. The van der Waals surface area contributed by atoms with Gasteiger partial charge in [-0.05, 0) is 87.4 Å². The Morgan fingerprint density at radius 2 is 1.28 bits per heavy atom. The zero-order chi connectivity index (χ0) is 22.8. The smallest absolute Gasteiger partial charge is 0.269 e. The van der Waals surface area contributed by atoms with Crippen LogP contribution in [0.4, 0.5) is 0 Å². The van der Waals surface area contributed by atoms with Crippen molar-refractivity contribution in [2.45, 2.75) is 39.9 Å². The zero-order valence-corrected chi connectivity index (χ0v) is 18.7. The number of amides is 1. The summed E-state index contributed by atoms with van der Waals surface area (Å²) < 4.78 is 13.4. The lowest BCUT2D eigenvalue weighted by Gasteiger charge is -2.11. The summed E-state index contributed by atoms with van der Waals surface area (Å²) in [6.07, 6.45) is 2.17. The highest BCUT2D eigenvalue weighted by Crippen LogP contribution is 2.30. The molecule has 0 aliphatic carbocycles. The van der Waals surface area contributed by atoms with Gasteiger partial charge in [0.1, 0.15) is 17.1 Å². The molecular weight excluding hydrogens is 402 g/mol. The van der Waals surface area contributed by atoms with Crippen LogP contribution in [0.25, 0.3) is 28.0 Å². The third-order valence-corrected chi connectivity index (χ3v) is 4.91. The number of fused-ring (bicyclic) bond motifs is 1. The number of aromatic nitrogens is 2. The summed E-state index contributed by atoms with van der Waals surface area (Å²) in [4.78, 5) is 16.6. The van der Waals surface area contributed by atoms with Gasteiger partial charge in [0.2, 0.25) is 0 Å². The monoisotopic (exact) mass is 429 g/mol. The Hall–Kier alpha value is -3.80. The summed E-state index contributed by atoms with van der Waals surface area (Å²) in [5.41, 5.74) is 10.1. The number of pyridine rings is 1.